The second kappa shape index (κ2) is 3.54. The van der Waals surface area contributed by atoms with Gasteiger partial charge in [-0.2, -0.15) is 0 Å². The van der Waals surface area contributed by atoms with Crippen LogP contribution < -0.4 is 16.3 Å². The molecule has 4 N–H and O–H groups in total. The first-order chi connectivity index (χ1) is 7.09. The van der Waals surface area contributed by atoms with Crippen LogP contribution in [0.1, 0.15) is 23.8 Å². The van der Waals surface area contributed by atoms with E-state index in [4.69, 9.17) is 0 Å². The van der Waals surface area contributed by atoms with Crippen LogP contribution in [-0.2, 0) is 0 Å². The molecule has 1 saturated heterocycles. The third-order valence-electron chi connectivity index (χ3n) is 2.62. The highest BCUT2D eigenvalue weighted by Crippen LogP contribution is 2.13. The van der Waals surface area contributed by atoms with E-state index in [2.05, 4.69) is 20.6 Å². The summed E-state index contributed by atoms with van der Waals surface area (Å²) >= 11 is 0. The quantitative estimate of drug-likeness (QED) is 0.514. The number of H-pyrrole nitrogens is 2. The summed E-state index contributed by atoms with van der Waals surface area (Å²) in [7, 11) is 0. The van der Waals surface area contributed by atoms with Crippen molar-refractivity contribution >= 4 is 5.91 Å². The van der Waals surface area contributed by atoms with Gasteiger partial charge in [0.1, 0.15) is 5.69 Å². The molecular formula is C9H14N4O2. The Hall–Kier alpha value is -1.56. The van der Waals surface area contributed by atoms with Gasteiger partial charge in [-0.15, -0.1) is 0 Å². The maximum atomic E-state index is 11.7. The fourth-order valence-electron chi connectivity index (χ4n) is 1.72. The number of carbonyl (C=O) groups excluding carboxylic acids is 1. The minimum atomic E-state index is -0.366. The number of hydrogen-bond acceptors (Lipinski definition) is 3. The van der Waals surface area contributed by atoms with Crippen molar-refractivity contribution < 1.29 is 4.79 Å². The topological polar surface area (TPSA) is 89.8 Å². The SMILES string of the molecule is CC1(NC(=O)c2c[nH]c(=O)[nH]2)CCNC1. The molecule has 1 atom stereocenters. The van der Waals surface area contributed by atoms with Gasteiger partial charge in [0.25, 0.3) is 5.91 Å². The number of aromatic amines is 2. The van der Waals surface area contributed by atoms with Crippen molar-refractivity contribution in [1.29, 1.82) is 0 Å². The molecule has 0 spiro atoms. The molecule has 6 nitrogen and oxygen atoms in total. The molecule has 1 fully saturated rings. The van der Waals surface area contributed by atoms with Crippen molar-refractivity contribution in [2.45, 2.75) is 18.9 Å². The first-order valence-electron chi connectivity index (χ1n) is 4.90. The standard InChI is InChI=1S/C9H14N4O2/c1-9(2-3-10-5-9)13-7(14)6-4-11-8(15)12-6/h4,10H,2-3,5H2,1H3,(H,13,14)(H2,11,12,15). The second-order valence-electron chi connectivity index (χ2n) is 4.10. The highest BCUT2D eigenvalue weighted by molar-refractivity contribution is 5.92. The molecule has 1 aromatic rings. The van der Waals surface area contributed by atoms with E-state index in [1.807, 2.05) is 6.92 Å². The molecule has 0 bridgehead atoms. The molecule has 82 valence electrons. The molecule has 1 aromatic heterocycles. The molecule has 6 heteroatoms. The van der Waals surface area contributed by atoms with Crippen LogP contribution in [0.2, 0.25) is 0 Å². The lowest BCUT2D eigenvalue weighted by Gasteiger charge is -2.23. The maximum Gasteiger partial charge on any atom is 0.323 e. The molecule has 0 aromatic carbocycles. The molecule has 0 saturated carbocycles. The minimum Gasteiger partial charge on any atom is -0.344 e. The molecule has 1 amide bonds. The summed E-state index contributed by atoms with van der Waals surface area (Å²) in [5.41, 5.74) is -0.311. The molecular weight excluding hydrogens is 196 g/mol. The van der Waals surface area contributed by atoms with E-state index in [9.17, 15) is 9.59 Å². The summed E-state index contributed by atoms with van der Waals surface area (Å²) < 4.78 is 0. The molecule has 0 aliphatic carbocycles. The van der Waals surface area contributed by atoms with Gasteiger partial charge in [-0.3, -0.25) is 4.79 Å². The highest BCUT2D eigenvalue weighted by atomic mass is 16.2. The fraction of sp³-hybridized carbons (Fsp3) is 0.556. The van der Waals surface area contributed by atoms with Gasteiger partial charge in [0, 0.05) is 12.7 Å². The van der Waals surface area contributed by atoms with Gasteiger partial charge in [0.2, 0.25) is 0 Å². The number of nitrogens with one attached hydrogen (secondary N) is 4. The van der Waals surface area contributed by atoms with Crippen LogP contribution in [0.4, 0.5) is 0 Å². The molecule has 2 rings (SSSR count). The van der Waals surface area contributed by atoms with Crippen LogP contribution >= 0.6 is 0 Å². The Kier molecular flexibility index (Phi) is 2.36. The van der Waals surface area contributed by atoms with E-state index < -0.39 is 0 Å². The average Bonchev–Trinajstić information content (AvgIpc) is 2.75. The maximum absolute atomic E-state index is 11.7. The summed E-state index contributed by atoms with van der Waals surface area (Å²) in [5, 5.41) is 6.07. The zero-order valence-electron chi connectivity index (χ0n) is 8.52. The lowest BCUT2D eigenvalue weighted by atomic mass is 10.0. The zero-order chi connectivity index (χ0) is 10.9. The summed E-state index contributed by atoms with van der Waals surface area (Å²) in [6, 6.07) is 0. The van der Waals surface area contributed by atoms with Crippen molar-refractivity contribution in [1.82, 2.24) is 20.6 Å². The summed E-state index contributed by atoms with van der Waals surface area (Å²) in [6.07, 6.45) is 2.27. The molecule has 15 heavy (non-hydrogen) atoms. The Morgan fingerprint density at radius 2 is 2.40 bits per heavy atom. The predicted octanol–water partition coefficient (Wildman–Crippen LogP) is -0.815. The lowest BCUT2D eigenvalue weighted by molar-refractivity contribution is 0.0908. The number of amides is 1. The van der Waals surface area contributed by atoms with E-state index >= 15 is 0 Å². The third kappa shape index (κ3) is 2.10. The number of hydrogen-bond donors (Lipinski definition) is 4. The Bertz CT molecular complexity index is 414. The molecule has 2 heterocycles. The van der Waals surface area contributed by atoms with E-state index in [1.54, 1.807) is 0 Å². The summed E-state index contributed by atoms with van der Waals surface area (Å²) in [6.45, 7) is 3.64. The van der Waals surface area contributed by atoms with Crippen molar-refractivity contribution in [2.24, 2.45) is 0 Å². The van der Waals surface area contributed by atoms with Crippen LogP contribution in [0.3, 0.4) is 0 Å². The van der Waals surface area contributed by atoms with Crippen molar-refractivity contribution in [3.63, 3.8) is 0 Å². The Morgan fingerprint density at radius 1 is 1.60 bits per heavy atom. The monoisotopic (exact) mass is 210 g/mol. The molecule has 1 aliphatic heterocycles. The van der Waals surface area contributed by atoms with E-state index in [-0.39, 0.29) is 22.8 Å². The van der Waals surface area contributed by atoms with Crippen molar-refractivity contribution in [3.05, 3.63) is 22.4 Å². The van der Waals surface area contributed by atoms with Gasteiger partial charge in [0.05, 0.1) is 5.54 Å². The summed E-state index contributed by atoms with van der Waals surface area (Å²) in [5.74, 6) is -0.250. The Balaban J connectivity index is 2.06. The van der Waals surface area contributed by atoms with Crippen LogP contribution in [0.5, 0.6) is 0 Å². The second-order valence-corrected chi connectivity index (χ2v) is 4.10. The Labute approximate surface area is 86.5 Å². The molecule has 1 unspecified atom stereocenters. The number of aromatic nitrogens is 2. The zero-order valence-corrected chi connectivity index (χ0v) is 8.52. The van der Waals surface area contributed by atoms with Crippen LogP contribution in [0.25, 0.3) is 0 Å². The third-order valence-corrected chi connectivity index (χ3v) is 2.62. The number of imidazole rings is 1. The van der Waals surface area contributed by atoms with Crippen molar-refractivity contribution in [2.75, 3.05) is 13.1 Å². The normalized spacial score (nSPS) is 25.4. The largest absolute Gasteiger partial charge is 0.344 e. The number of rotatable bonds is 2. The molecule has 1 aliphatic rings. The van der Waals surface area contributed by atoms with Gasteiger partial charge < -0.3 is 20.6 Å². The van der Waals surface area contributed by atoms with Crippen molar-refractivity contribution in [3.8, 4) is 0 Å². The van der Waals surface area contributed by atoms with E-state index in [0.717, 1.165) is 19.5 Å². The summed E-state index contributed by atoms with van der Waals surface area (Å²) in [4.78, 5) is 27.3. The predicted molar refractivity (Wildman–Crippen MR) is 54.8 cm³/mol. The highest BCUT2D eigenvalue weighted by Gasteiger charge is 2.30. The Morgan fingerprint density at radius 3 is 2.93 bits per heavy atom. The van der Waals surface area contributed by atoms with Crippen LogP contribution in [-0.4, -0.2) is 34.5 Å². The van der Waals surface area contributed by atoms with Gasteiger partial charge >= 0.3 is 5.69 Å². The first-order valence-corrected chi connectivity index (χ1v) is 4.90. The van der Waals surface area contributed by atoms with E-state index in [0.29, 0.717) is 0 Å². The van der Waals surface area contributed by atoms with Gasteiger partial charge in [-0.05, 0) is 19.9 Å². The van der Waals surface area contributed by atoms with Crippen LogP contribution in [0.15, 0.2) is 11.0 Å². The first kappa shape index (κ1) is 9.97. The van der Waals surface area contributed by atoms with Gasteiger partial charge in [-0.1, -0.05) is 0 Å². The van der Waals surface area contributed by atoms with Gasteiger partial charge in [0.15, 0.2) is 0 Å². The van der Waals surface area contributed by atoms with Gasteiger partial charge in [-0.25, -0.2) is 4.79 Å². The number of carbonyl (C=O) groups is 1. The molecule has 0 radical (unpaired) electrons. The fourth-order valence-corrected chi connectivity index (χ4v) is 1.72. The smallest absolute Gasteiger partial charge is 0.323 e. The van der Waals surface area contributed by atoms with Crippen LogP contribution in [0, 0.1) is 0 Å². The lowest BCUT2D eigenvalue weighted by Crippen LogP contribution is -2.47. The van der Waals surface area contributed by atoms with E-state index in [1.165, 1.54) is 6.20 Å². The minimum absolute atomic E-state index is 0.217. The average molecular weight is 210 g/mol.